The van der Waals surface area contributed by atoms with Crippen LogP contribution in [0.5, 0.6) is 0 Å². The third-order valence-corrected chi connectivity index (χ3v) is 3.19. The van der Waals surface area contributed by atoms with Gasteiger partial charge in [-0.3, -0.25) is 4.98 Å². The van der Waals surface area contributed by atoms with Crippen molar-refractivity contribution in [3.8, 4) is 0 Å². The molecular weight excluding hydrogens is 236 g/mol. The van der Waals surface area contributed by atoms with Crippen LogP contribution in [0.4, 0.5) is 0 Å². The van der Waals surface area contributed by atoms with Crippen LogP contribution < -0.4 is 5.32 Å². The molecule has 0 fully saturated rings. The van der Waals surface area contributed by atoms with Gasteiger partial charge in [0, 0.05) is 23.7 Å². The van der Waals surface area contributed by atoms with Gasteiger partial charge in [0.2, 0.25) is 0 Å². The zero-order valence-corrected chi connectivity index (χ0v) is 12.1. The highest BCUT2D eigenvalue weighted by Crippen LogP contribution is 2.21. The summed E-state index contributed by atoms with van der Waals surface area (Å²) in [6.07, 6.45) is 1.32. The van der Waals surface area contributed by atoms with Gasteiger partial charge in [0.1, 0.15) is 0 Å². The summed E-state index contributed by atoms with van der Waals surface area (Å²) in [5, 5.41) is 14.7. The fraction of sp³-hybridized carbons (Fsp3) is 0.438. The summed E-state index contributed by atoms with van der Waals surface area (Å²) < 4.78 is 0. The number of rotatable bonds is 3. The van der Waals surface area contributed by atoms with Crippen molar-refractivity contribution in [2.24, 2.45) is 0 Å². The summed E-state index contributed by atoms with van der Waals surface area (Å²) in [6.45, 7) is 8.89. The van der Waals surface area contributed by atoms with Gasteiger partial charge in [-0.05, 0) is 57.0 Å². The highest BCUT2D eigenvalue weighted by atomic mass is 16.3. The Morgan fingerprint density at radius 3 is 2.68 bits per heavy atom. The molecule has 0 saturated carbocycles. The van der Waals surface area contributed by atoms with E-state index in [9.17, 15) is 5.11 Å². The molecule has 1 aromatic heterocycles. The number of β-amino-alcohol motifs (C(OH)–C–C–N with tert-alkyl or cyclic N) is 1. The van der Waals surface area contributed by atoms with Crippen molar-refractivity contribution in [1.82, 2.24) is 10.3 Å². The average Bonchev–Trinajstić information content (AvgIpc) is 2.35. The minimum absolute atomic E-state index is 0.00923. The molecule has 0 spiro atoms. The van der Waals surface area contributed by atoms with Crippen LogP contribution in [0.1, 0.15) is 38.0 Å². The molecule has 0 aliphatic carbocycles. The first-order chi connectivity index (χ1) is 8.87. The Bertz CT molecular complexity index is 572. The molecule has 19 heavy (non-hydrogen) atoms. The first kappa shape index (κ1) is 14.0. The van der Waals surface area contributed by atoms with E-state index >= 15 is 0 Å². The molecule has 0 unspecified atom stereocenters. The van der Waals surface area contributed by atoms with Crippen molar-refractivity contribution >= 4 is 10.9 Å². The monoisotopic (exact) mass is 258 g/mol. The molecule has 0 saturated heterocycles. The first-order valence-corrected chi connectivity index (χ1v) is 6.65. The molecule has 102 valence electrons. The summed E-state index contributed by atoms with van der Waals surface area (Å²) in [4.78, 5) is 4.33. The van der Waals surface area contributed by atoms with E-state index in [0.717, 1.165) is 16.5 Å². The second kappa shape index (κ2) is 5.27. The van der Waals surface area contributed by atoms with E-state index in [1.54, 1.807) is 0 Å². The van der Waals surface area contributed by atoms with E-state index in [-0.39, 0.29) is 5.54 Å². The first-order valence-electron chi connectivity index (χ1n) is 6.65. The van der Waals surface area contributed by atoms with Crippen LogP contribution in [0.15, 0.2) is 30.5 Å². The van der Waals surface area contributed by atoms with Crippen LogP contribution in [0.2, 0.25) is 0 Å². The molecule has 1 aromatic carbocycles. The number of hydrogen-bond donors (Lipinski definition) is 2. The van der Waals surface area contributed by atoms with Crippen molar-refractivity contribution in [2.75, 3.05) is 6.54 Å². The second-order valence-corrected chi connectivity index (χ2v) is 6.05. The molecule has 2 N–H and O–H groups in total. The number of hydrogen-bond acceptors (Lipinski definition) is 3. The minimum Gasteiger partial charge on any atom is -0.387 e. The van der Waals surface area contributed by atoms with Crippen molar-refractivity contribution in [2.45, 2.75) is 39.3 Å². The van der Waals surface area contributed by atoms with Crippen molar-refractivity contribution in [3.05, 3.63) is 41.6 Å². The van der Waals surface area contributed by atoms with E-state index < -0.39 is 6.10 Å². The third kappa shape index (κ3) is 3.52. The van der Waals surface area contributed by atoms with Crippen LogP contribution in [0.25, 0.3) is 10.9 Å². The molecule has 0 aliphatic rings. The van der Waals surface area contributed by atoms with Crippen LogP contribution >= 0.6 is 0 Å². The molecule has 0 aliphatic heterocycles. The largest absolute Gasteiger partial charge is 0.387 e. The van der Waals surface area contributed by atoms with Crippen LogP contribution in [0, 0.1) is 6.92 Å². The summed E-state index contributed by atoms with van der Waals surface area (Å²) in [7, 11) is 0. The number of nitrogens with zero attached hydrogens (tertiary/aromatic N) is 1. The van der Waals surface area contributed by atoms with Crippen molar-refractivity contribution in [3.63, 3.8) is 0 Å². The number of fused-ring (bicyclic) bond motifs is 1. The summed E-state index contributed by atoms with van der Waals surface area (Å²) >= 11 is 0. The SMILES string of the molecule is Cc1ccnc2ccc([C@@H](O)CNC(C)(C)C)cc12. The number of pyridine rings is 1. The molecule has 0 radical (unpaired) electrons. The number of nitrogens with one attached hydrogen (secondary N) is 1. The Hall–Kier alpha value is -1.45. The Labute approximate surface area is 114 Å². The molecule has 0 amide bonds. The predicted molar refractivity (Wildman–Crippen MR) is 79.2 cm³/mol. The van der Waals surface area contributed by atoms with Gasteiger partial charge in [0.25, 0.3) is 0 Å². The number of aliphatic hydroxyl groups is 1. The zero-order chi connectivity index (χ0) is 14.0. The highest BCUT2D eigenvalue weighted by molar-refractivity contribution is 5.82. The fourth-order valence-corrected chi connectivity index (χ4v) is 2.03. The molecule has 0 bridgehead atoms. The maximum absolute atomic E-state index is 10.3. The Morgan fingerprint density at radius 2 is 2.00 bits per heavy atom. The van der Waals surface area contributed by atoms with E-state index in [0.29, 0.717) is 6.54 Å². The van der Waals surface area contributed by atoms with Crippen LogP contribution in [-0.4, -0.2) is 22.2 Å². The lowest BCUT2D eigenvalue weighted by atomic mass is 10.0. The van der Waals surface area contributed by atoms with Gasteiger partial charge < -0.3 is 10.4 Å². The van der Waals surface area contributed by atoms with Crippen LogP contribution in [-0.2, 0) is 0 Å². The van der Waals surface area contributed by atoms with Gasteiger partial charge in [0.15, 0.2) is 0 Å². The molecule has 2 rings (SSSR count). The minimum atomic E-state index is -0.497. The van der Waals surface area contributed by atoms with Crippen molar-refractivity contribution in [1.29, 1.82) is 0 Å². The van der Waals surface area contributed by atoms with E-state index in [1.807, 2.05) is 30.5 Å². The number of benzene rings is 1. The smallest absolute Gasteiger partial charge is 0.0914 e. The predicted octanol–water partition coefficient (Wildman–Crippen LogP) is 2.96. The van der Waals surface area contributed by atoms with E-state index in [2.05, 4.69) is 38.0 Å². The molecule has 3 nitrogen and oxygen atoms in total. The maximum Gasteiger partial charge on any atom is 0.0914 e. The standard InChI is InChI=1S/C16H22N2O/c1-11-7-8-17-14-6-5-12(9-13(11)14)15(19)10-18-16(2,3)4/h5-9,15,18-19H,10H2,1-4H3/t15-/m0/s1. The Morgan fingerprint density at radius 1 is 1.26 bits per heavy atom. The van der Waals surface area contributed by atoms with Gasteiger partial charge >= 0.3 is 0 Å². The molecule has 1 heterocycles. The van der Waals surface area contributed by atoms with Gasteiger partial charge in [-0.25, -0.2) is 0 Å². The second-order valence-electron chi connectivity index (χ2n) is 6.05. The molecule has 1 atom stereocenters. The summed E-state index contributed by atoms with van der Waals surface area (Å²) in [5.74, 6) is 0. The lowest BCUT2D eigenvalue weighted by molar-refractivity contribution is 0.163. The molecule has 3 heteroatoms. The molecular formula is C16H22N2O. The quantitative estimate of drug-likeness (QED) is 0.889. The molecule has 2 aromatic rings. The average molecular weight is 258 g/mol. The van der Waals surface area contributed by atoms with Gasteiger partial charge in [-0.1, -0.05) is 6.07 Å². The van der Waals surface area contributed by atoms with Gasteiger partial charge in [0.05, 0.1) is 11.6 Å². The number of aliphatic hydroxyl groups excluding tert-OH is 1. The van der Waals surface area contributed by atoms with Crippen molar-refractivity contribution < 1.29 is 5.11 Å². The Kier molecular flexibility index (Phi) is 3.88. The fourth-order valence-electron chi connectivity index (χ4n) is 2.03. The zero-order valence-electron chi connectivity index (χ0n) is 12.1. The van der Waals surface area contributed by atoms with E-state index in [4.69, 9.17) is 0 Å². The lowest BCUT2D eigenvalue weighted by Gasteiger charge is -2.23. The van der Waals surface area contributed by atoms with Gasteiger partial charge in [-0.15, -0.1) is 0 Å². The maximum atomic E-state index is 10.3. The normalized spacial score (nSPS) is 13.7. The third-order valence-electron chi connectivity index (χ3n) is 3.19. The highest BCUT2D eigenvalue weighted by Gasteiger charge is 2.14. The Balaban J connectivity index is 2.23. The van der Waals surface area contributed by atoms with E-state index in [1.165, 1.54) is 5.56 Å². The van der Waals surface area contributed by atoms with Gasteiger partial charge in [-0.2, -0.15) is 0 Å². The summed E-state index contributed by atoms with van der Waals surface area (Å²) in [6, 6.07) is 7.94. The number of aryl methyl sites for hydroxylation is 1. The van der Waals surface area contributed by atoms with Crippen LogP contribution in [0.3, 0.4) is 0 Å². The lowest BCUT2D eigenvalue weighted by Crippen LogP contribution is -2.38. The summed E-state index contributed by atoms with van der Waals surface area (Å²) in [5.41, 5.74) is 3.10. The number of aromatic nitrogens is 1. The topological polar surface area (TPSA) is 45.2 Å².